The van der Waals surface area contributed by atoms with Crippen molar-refractivity contribution in [2.24, 2.45) is 17.8 Å². The van der Waals surface area contributed by atoms with Gasteiger partial charge in [-0.2, -0.15) is 0 Å². The highest BCUT2D eigenvalue weighted by atomic mass is 32.1. The lowest BCUT2D eigenvalue weighted by Crippen LogP contribution is -2.57. The van der Waals surface area contributed by atoms with Crippen LogP contribution < -0.4 is 15.0 Å². The van der Waals surface area contributed by atoms with Gasteiger partial charge in [0.1, 0.15) is 11.8 Å². The molecule has 0 radical (unpaired) electrons. The van der Waals surface area contributed by atoms with Crippen molar-refractivity contribution in [1.82, 2.24) is 14.9 Å². The number of carboxylic acid groups (broad SMARTS) is 1. The summed E-state index contributed by atoms with van der Waals surface area (Å²) in [5.74, 6) is 7.71. The van der Waals surface area contributed by atoms with E-state index in [1.54, 1.807) is 6.92 Å². The Hall–Kier alpha value is -5.29. The predicted octanol–water partition coefficient (Wildman–Crippen LogP) is 7.15. The summed E-state index contributed by atoms with van der Waals surface area (Å²) in [6.07, 6.45) is 4.21. The van der Waals surface area contributed by atoms with Gasteiger partial charge in [-0.15, -0.1) is 11.3 Å². The Morgan fingerprint density at radius 1 is 1.00 bits per heavy atom. The zero-order valence-corrected chi connectivity index (χ0v) is 33.0. The highest BCUT2D eigenvalue weighted by Gasteiger charge is 2.42. The van der Waals surface area contributed by atoms with Crippen LogP contribution in [0, 0.1) is 29.6 Å². The van der Waals surface area contributed by atoms with E-state index in [2.05, 4.69) is 33.1 Å². The maximum Gasteiger partial charge on any atom is 0.357 e. The van der Waals surface area contributed by atoms with E-state index in [0.29, 0.717) is 66.7 Å². The monoisotopic (exact) mass is 789 g/mol. The van der Waals surface area contributed by atoms with Crippen molar-refractivity contribution in [2.45, 2.75) is 51.6 Å². The fourth-order valence-corrected chi connectivity index (χ4v) is 9.65. The summed E-state index contributed by atoms with van der Waals surface area (Å²) < 4.78 is 12.2. The number of fused-ring (bicyclic) bond motifs is 2. The van der Waals surface area contributed by atoms with Crippen LogP contribution in [0.15, 0.2) is 66.7 Å². The smallest absolute Gasteiger partial charge is 0.357 e. The van der Waals surface area contributed by atoms with Crippen molar-refractivity contribution in [3.05, 3.63) is 99.6 Å². The van der Waals surface area contributed by atoms with Gasteiger partial charge in [-0.05, 0) is 104 Å². The van der Waals surface area contributed by atoms with Gasteiger partial charge in [0, 0.05) is 48.1 Å². The number of ether oxygens (including phenoxy) is 2. The Labute approximate surface area is 333 Å². The number of thiazole rings is 2. The van der Waals surface area contributed by atoms with Gasteiger partial charge in [0.25, 0.3) is 5.91 Å². The molecule has 3 aliphatic rings. The zero-order chi connectivity index (χ0) is 38.8. The fraction of sp³-hybridized carbons (Fsp3) is 0.372. The molecular weight excluding hydrogens is 747 g/mol. The number of methoxy groups -OCH3 is 1. The zero-order valence-electron chi connectivity index (χ0n) is 31.3. The first-order valence-electron chi connectivity index (χ1n) is 19.0. The molecule has 1 saturated heterocycles. The molecule has 1 amide bonds. The molecule has 1 atom stereocenters. The molecular formula is C43H43N5O6S2. The number of nitrogens with zero attached hydrogens (tertiary/aromatic N) is 4. The number of para-hydroxylation sites is 1. The lowest BCUT2D eigenvalue weighted by Gasteiger charge is -2.49. The third-order valence-electron chi connectivity index (χ3n) is 11.1. The minimum atomic E-state index is -0.751. The summed E-state index contributed by atoms with van der Waals surface area (Å²) in [5, 5.41) is 13.5. The number of nitrogens with one attached hydrogen (secondary N) is 1. The van der Waals surface area contributed by atoms with E-state index in [4.69, 9.17) is 14.5 Å². The second-order valence-electron chi connectivity index (χ2n) is 14.7. The number of carbonyl (C=O) groups is 3. The summed E-state index contributed by atoms with van der Waals surface area (Å²) in [6, 6.07) is 21.1. The Balaban J connectivity index is 0.834. The first-order valence-corrected chi connectivity index (χ1v) is 20.7. The van der Waals surface area contributed by atoms with Crippen LogP contribution >= 0.6 is 22.7 Å². The highest BCUT2D eigenvalue weighted by molar-refractivity contribution is 7.22. The Morgan fingerprint density at radius 3 is 2.57 bits per heavy atom. The maximum absolute atomic E-state index is 13.5. The van der Waals surface area contributed by atoms with Crippen molar-refractivity contribution < 1.29 is 29.0 Å². The van der Waals surface area contributed by atoms with Gasteiger partial charge in [0.05, 0.1) is 23.9 Å². The van der Waals surface area contributed by atoms with Crippen LogP contribution in [-0.4, -0.2) is 77.2 Å². The van der Waals surface area contributed by atoms with Gasteiger partial charge in [-0.3, -0.25) is 19.8 Å². The summed E-state index contributed by atoms with van der Waals surface area (Å²) in [4.78, 5) is 51.9. The standard InChI is InChI=1S/C43H43N5O6S2/c1-26(40(50)51)48-23-31(24-48)30-21-28(22-30)13-12-27-14-16-32(17-15-27)54-20-6-11-37-38(41(52)53-2)45-43(56-37)47-19-18-29-7-5-8-33(34(29)25-47)39(49)46-42-44-35-9-3-4-10-36(35)55-42/h3-5,7-10,14-17,26,28,30-31H,6,11,18-25H2,1-2H3,(H,50,51)(H,44,46,49). The van der Waals surface area contributed by atoms with Crippen molar-refractivity contribution in [3.8, 4) is 17.6 Å². The number of carbonyl (C=O) groups excluding carboxylic acids is 2. The van der Waals surface area contributed by atoms with Crippen molar-refractivity contribution >= 4 is 61.0 Å². The lowest BCUT2D eigenvalue weighted by molar-refractivity contribution is -0.146. The number of anilines is 2. The molecule has 1 aliphatic carbocycles. The van der Waals surface area contributed by atoms with Gasteiger partial charge in [-0.25, -0.2) is 14.8 Å². The van der Waals surface area contributed by atoms with E-state index in [9.17, 15) is 19.5 Å². The second-order valence-corrected chi connectivity index (χ2v) is 16.8. The molecule has 3 aromatic carbocycles. The number of hydrogen-bond acceptors (Lipinski definition) is 11. The largest absolute Gasteiger partial charge is 0.494 e. The average Bonchev–Trinajstić information content (AvgIpc) is 3.80. The minimum absolute atomic E-state index is 0.198. The SMILES string of the molecule is COC(=O)c1nc(N2CCc3cccc(C(=O)Nc4nc5ccccc5s4)c3C2)sc1CCCOc1ccc(C#CC2CC(C3CN(C(C)C(=O)O)C3)C2)cc1. The van der Waals surface area contributed by atoms with Gasteiger partial charge in [0.15, 0.2) is 16.0 Å². The van der Waals surface area contributed by atoms with Crippen molar-refractivity contribution in [1.29, 1.82) is 0 Å². The first kappa shape index (κ1) is 37.6. The fourth-order valence-electron chi connectivity index (χ4n) is 7.67. The normalized spacial score (nSPS) is 18.5. The van der Waals surface area contributed by atoms with E-state index in [1.165, 1.54) is 29.8 Å². The van der Waals surface area contributed by atoms with Crippen molar-refractivity contribution in [2.75, 3.05) is 43.6 Å². The van der Waals surface area contributed by atoms with Crippen LogP contribution in [0.4, 0.5) is 10.3 Å². The number of benzene rings is 3. The number of aromatic nitrogens is 2. The summed E-state index contributed by atoms with van der Waals surface area (Å²) in [5.41, 5.74) is 4.80. The molecule has 1 saturated carbocycles. The van der Waals surface area contributed by atoms with Gasteiger partial charge in [-0.1, -0.05) is 47.4 Å². The van der Waals surface area contributed by atoms with Crippen LogP contribution in [0.2, 0.25) is 0 Å². The molecule has 11 nitrogen and oxygen atoms in total. The quantitative estimate of drug-likeness (QED) is 0.0763. The van der Waals surface area contributed by atoms with Crippen LogP contribution in [-0.2, 0) is 28.9 Å². The summed E-state index contributed by atoms with van der Waals surface area (Å²) in [6.45, 7) is 5.18. The number of rotatable bonds is 12. The van der Waals surface area contributed by atoms with E-state index >= 15 is 0 Å². The summed E-state index contributed by atoms with van der Waals surface area (Å²) >= 11 is 2.93. The Morgan fingerprint density at radius 2 is 1.80 bits per heavy atom. The molecule has 8 rings (SSSR count). The highest BCUT2D eigenvalue weighted by Crippen LogP contribution is 2.42. The number of hydrogen-bond donors (Lipinski definition) is 2. The maximum atomic E-state index is 13.5. The average molecular weight is 790 g/mol. The van der Waals surface area contributed by atoms with E-state index in [0.717, 1.165) is 75.0 Å². The molecule has 2 N–H and O–H groups in total. The van der Waals surface area contributed by atoms with Crippen LogP contribution in [0.1, 0.15) is 68.6 Å². The number of aryl methyl sites for hydroxylation is 1. The number of esters is 1. The molecule has 2 aromatic heterocycles. The third-order valence-corrected chi connectivity index (χ3v) is 13.3. The molecule has 0 spiro atoms. The van der Waals surface area contributed by atoms with Crippen LogP contribution in [0.5, 0.6) is 5.75 Å². The van der Waals surface area contributed by atoms with Gasteiger partial charge >= 0.3 is 11.9 Å². The van der Waals surface area contributed by atoms with Crippen LogP contribution in [0.3, 0.4) is 0 Å². The number of likely N-dealkylation sites (tertiary alicyclic amines) is 1. The minimum Gasteiger partial charge on any atom is -0.494 e. The molecule has 0 bridgehead atoms. The van der Waals surface area contributed by atoms with E-state index < -0.39 is 18.0 Å². The molecule has 13 heteroatoms. The Kier molecular flexibility index (Phi) is 11.0. The van der Waals surface area contributed by atoms with Crippen LogP contribution in [0.25, 0.3) is 10.2 Å². The molecule has 56 heavy (non-hydrogen) atoms. The molecule has 5 aromatic rings. The third kappa shape index (κ3) is 8.14. The Bertz CT molecular complexity index is 2280. The van der Waals surface area contributed by atoms with Gasteiger partial charge < -0.3 is 19.5 Å². The molecule has 4 heterocycles. The van der Waals surface area contributed by atoms with Gasteiger partial charge in [0.2, 0.25) is 0 Å². The van der Waals surface area contributed by atoms with E-state index in [-0.39, 0.29) is 5.91 Å². The molecule has 2 aliphatic heterocycles. The number of carboxylic acids is 1. The van der Waals surface area contributed by atoms with E-state index in [1.807, 2.05) is 65.6 Å². The number of amides is 1. The second kappa shape index (κ2) is 16.4. The number of aliphatic carboxylic acids is 1. The topological polar surface area (TPSA) is 134 Å². The molecule has 288 valence electrons. The lowest BCUT2D eigenvalue weighted by atomic mass is 9.66. The molecule has 1 unspecified atom stereocenters. The van der Waals surface area contributed by atoms with Crippen molar-refractivity contribution in [3.63, 3.8) is 0 Å². The molecule has 2 fully saturated rings. The summed E-state index contributed by atoms with van der Waals surface area (Å²) in [7, 11) is 1.37. The first-order chi connectivity index (χ1) is 27.2. The predicted molar refractivity (Wildman–Crippen MR) is 218 cm³/mol.